The van der Waals surface area contributed by atoms with Crippen LogP contribution in [0, 0.1) is 18.8 Å². The number of anilines is 2. The second-order valence-electron chi connectivity index (χ2n) is 7.40. The molecule has 0 fully saturated rings. The van der Waals surface area contributed by atoms with E-state index < -0.39 is 0 Å². The lowest BCUT2D eigenvalue weighted by molar-refractivity contribution is -0.118. The van der Waals surface area contributed by atoms with Gasteiger partial charge in [-0.25, -0.2) is 4.79 Å². The highest BCUT2D eigenvalue weighted by Gasteiger charge is 2.18. The van der Waals surface area contributed by atoms with E-state index in [0.29, 0.717) is 11.4 Å². The third kappa shape index (κ3) is 5.84. The van der Waals surface area contributed by atoms with Gasteiger partial charge in [-0.05, 0) is 36.1 Å². The van der Waals surface area contributed by atoms with Crippen molar-refractivity contribution in [1.29, 1.82) is 0 Å². The Kier molecular flexibility index (Phi) is 6.99. The van der Waals surface area contributed by atoms with Crippen LogP contribution in [0.4, 0.5) is 16.2 Å². The van der Waals surface area contributed by atoms with Gasteiger partial charge in [0.25, 0.3) is 0 Å². The summed E-state index contributed by atoms with van der Waals surface area (Å²) in [6.45, 7) is 9.74. The van der Waals surface area contributed by atoms with Gasteiger partial charge in [-0.15, -0.1) is 0 Å². The number of aryl methyl sites for hydroxylation is 1. The molecule has 0 bridgehead atoms. The molecule has 0 saturated carbocycles. The predicted octanol–water partition coefficient (Wildman–Crippen LogP) is 5.11. The Bertz CT molecular complexity index is 785. The highest BCUT2D eigenvalue weighted by molar-refractivity contribution is 5.95. The van der Waals surface area contributed by atoms with E-state index >= 15 is 0 Å². The number of carbonyl (C=O) groups is 2. The molecule has 2 rings (SSSR count). The number of hydrogen-bond acceptors (Lipinski definition) is 2. The van der Waals surface area contributed by atoms with Crippen LogP contribution in [0.1, 0.15) is 44.9 Å². The molecule has 3 amide bonds. The van der Waals surface area contributed by atoms with Crippen molar-refractivity contribution in [2.45, 2.75) is 40.7 Å². The smallest absolute Gasteiger partial charge is 0.319 e. The molecule has 144 valence electrons. The molecule has 1 atom stereocenters. The van der Waals surface area contributed by atoms with E-state index in [-0.39, 0.29) is 29.8 Å². The normalized spacial score (nSPS) is 12.0. The minimum Gasteiger partial charge on any atom is -0.331 e. The molecule has 2 aromatic carbocycles. The highest BCUT2D eigenvalue weighted by Crippen LogP contribution is 2.23. The van der Waals surface area contributed by atoms with Crippen molar-refractivity contribution in [3.63, 3.8) is 0 Å². The van der Waals surface area contributed by atoms with Gasteiger partial charge in [0.1, 0.15) is 0 Å². The second kappa shape index (κ2) is 9.21. The Morgan fingerprint density at radius 2 is 1.56 bits per heavy atom. The molecule has 0 spiro atoms. The largest absolute Gasteiger partial charge is 0.331 e. The summed E-state index contributed by atoms with van der Waals surface area (Å²) in [5, 5.41) is 8.81. The van der Waals surface area contributed by atoms with E-state index in [9.17, 15) is 9.59 Å². The van der Waals surface area contributed by atoms with Crippen LogP contribution in [0.25, 0.3) is 0 Å². The Hall–Kier alpha value is -2.82. The Labute approximate surface area is 161 Å². The first kappa shape index (κ1) is 20.5. The zero-order valence-corrected chi connectivity index (χ0v) is 16.7. The van der Waals surface area contributed by atoms with Gasteiger partial charge in [-0.3, -0.25) is 4.79 Å². The third-order valence-corrected chi connectivity index (χ3v) is 4.39. The number of nitrogens with one attached hydrogen (secondary N) is 3. The lowest BCUT2D eigenvalue weighted by atomic mass is 9.96. The molecule has 0 aliphatic heterocycles. The molecule has 0 heterocycles. The summed E-state index contributed by atoms with van der Waals surface area (Å²) in [6, 6.07) is 15.1. The van der Waals surface area contributed by atoms with Gasteiger partial charge >= 0.3 is 6.03 Å². The van der Waals surface area contributed by atoms with Gasteiger partial charge in [0.05, 0.1) is 6.04 Å². The summed E-state index contributed by atoms with van der Waals surface area (Å²) in [7, 11) is 0. The van der Waals surface area contributed by atoms with Gasteiger partial charge in [0.15, 0.2) is 0 Å². The van der Waals surface area contributed by atoms with Crippen LogP contribution in [0.5, 0.6) is 0 Å². The van der Waals surface area contributed by atoms with Gasteiger partial charge in [0.2, 0.25) is 5.91 Å². The average molecular weight is 367 g/mol. The molecule has 1 unspecified atom stereocenters. The van der Waals surface area contributed by atoms with Crippen LogP contribution < -0.4 is 16.0 Å². The number of benzene rings is 2. The molecular formula is C22H29N3O2. The van der Waals surface area contributed by atoms with E-state index in [1.165, 1.54) is 0 Å². The van der Waals surface area contributed by atoms with E-state index in [2.05, 4.69) is 29.8 Å². The third-order valence-electron chi connectivity index (χ3n) is 4.39. The summed E-state index contributed by atoms with van der Waals surface area (Å²) in [6.07, 6.45) is 0. The van der Waals surface area contributed by atoms with Crippen LogP contribution in [-0.4, -0.2) is 11.9 Å². The minimum atomic E-state index is -0.270. The first-order valence-corrected chi connectivity index (χ1v) is 9.32. The number of urea groups is 1. The number of rotatable bonds is 6. The van der Waals surface area contributed by atoms with Crippen molar-refractivity contribution in [3.8, 4) is 0 Å². The summed E-state index contributed by atoms with van der Waals surface area (Å²) in [5.41, 5.74) is 3.33. The monoisotopic (exact) mass is 367 g/mol. The van der Waals surface area contributed by atoms with Crippen LogP contribution in [0.15, 0.2) is 48.5 Å². The predicted molar refractivity (Wildman–Crippen MR) is 111 cm³/mol. The van der Waals surface area contributed by atoms with Gasteiger partial charge in [0, 0.05) is 17.3 Å². The molecule has 0 aliphatic carbocycles. The maximum absolute atomic E-state index is 12.6. The van der Waals surface area contributed by atoms with Crippen LogP contribution in [0.2, 0.25) is 0 Å². The maximum atomic E-state index is 12.6. The average Bonchev–Trinajstić information content (AvgIpc) is 2.62. The van der Waals surface area contributed by atoms with Crippen molar-refractivity contribution in [1.82, 2.24) is 5.32 Å². The van der Waals surface area contributed by atoms with Crippen molar-refractivity contribution in [2.24, 2.45) is 11.8 Å². The summed E-state index contributed by atoms with van der Waals surface area (Å²) < 4.78 is 0. The number of hydrogen-bond donors (Lipinski definition) is 3. The lowest BCUT2D eigenvalue weighted by Gasteiger charge is -2.23. The molecule has 0 saturated heterocycles. The van der Waals surface area contributed by atoms with Crippen molar-refractivity contribution < 1.29 is 9.59 Å². The topological polar surface area (TPSA) is 70.2 Å². The molecule has 5 heteroatoms. The molecule has 5 nitrogen and oxygen atoms in total. The zero-order chi connectivity index (χ0) is 20.0. The van der Waals surface area contributed by atoms with Crippen LogP contribution >= 0.6 is 0 Å². The Balaban J connectivity index is 2.11. The fourth-order valence-corrected chi connectivity index (χ4v) is 2.72. The minimum absolute atomic E-state index is 0.0572. The summed E-state index contributed by atoms with van der Waals surface area (Å²) >= 11 is 0. The SMILES string of the molecule is Cc1ccc(NC(=O)C(C)C)cc1NC(=O)NC(c1ccccc1)C(C)C. The molecule has 2 aromatic rings. The van der Waals surface area contributed by atoms with E-state index in [4.69, 9.17) is 0 Å². The van der Waals surface area contributed by atoms with Crippen molar-refractivity contribution >= 4 is 23.3 Å². The van der Waals surface area contributed by atoms with Gasteiger partial charge in [-0.2, -0.15) is 0 Å². The van der Waals surface area contributed by atoms with Crippen molar-refractivity contribution in [2.75, 3.05) is 10.6 Å². The Morgan fingerprint density at radius 3 is 2.15 bits per heavy atom. The Morgan fingerprint density at radius 1 is 0.889 bits per heavy atom. The fourth-order valence-electron chi connectivity index (χ4n) is 2.72. The molecule has 3 N–H and O–H groups in total. The van der Waals surface area contributed by atoms with Crippen LogP contribution in [0.3, 0.4) is 0 Å². The first-order valence-electron chi connectivity index (χ1n) is 9.32. The molecule has 0 radical (unpaired) electrons. The fraction of sp³-hybridized carbons (Fsp3) is 0.364. The van der Waals surface area contributed by atoms with Gasteiger partial charge in [-0.1, -0.05) is 64.1 Å². The van der Waals surface area contributed by atoms with E-state index in [1.54, 1.807) is 6.07 Å². The lowest BCUT2D eigenvalue weighted by Crippen LogP contribution is -2.35. The van der Waals surface area contributed by atoms with Gasteiger partial charge < -0.3 is 16.0 Å². The molecule has 0 aromatic heterocycles. The van der Waals surface area contributed by atoms with Crippen LogP contribution in [-0.2, 0) is 4.79 Å². The quantitative estimate of drug-likeness (QED) is 0.664. The summed E-state index contributed by atoms with van der Waals surface area (Å²) in [5.74, 6) is 0.0813. The summed E-state index contributed by atoms with van der Waals surface area (Å²) in [4.78, 5) is 24.5. The molecule has 0 aliphatic rings. The number of amides is 3. The second-order valence-corrected chi connectivity index (χ2v) is 7.40. The zero-order valence-electron chi connectivity index (χ0n) is 16.7. The van der Waals surface area contributed by atoms with E-state index in [0.717, 1.165) is 11.1 Å². The van der Waals surface area contributed by atoms with Crippen molar-refractivity contribution in [3.05, 3.63) is 59.7 Å². The number of carbonyl (C=O) groups excluding carboxylic acids is 2. The van der Waals surface area contributed by atoms with E-state index in [1.807, 2.05) is 63.2 Å². The maximum Gasteiger partial charge on any atom is 0.319 e. The molecular weight excluding hydrogens is 338 g/mol. The standard InChI is InChI=1S/C22H29N3O2/c1-14(2)20(17-9-7-6-8-10-17)25-22(27)24-19-13-18(12-11-16(19)5)23-21(26)15(3)4/h6-15,20H,1-5H3,(H,23,26)(H2,24,25,27). The molecule has 27 heavy (non-hydrogen) atoms. The first-order chi connectivity index (χ1) is 12.8. The highest BCUT2D eigenvalue weighted by atomic mass is 16.2.